The molecule has 0 bridgehead atoms. The average molecular weight is 1690 g/mol. The summed E-state index contributed by atoms with van der Waals surface area (Å²) >= 11 is 0. The molecule has 7 aromatic heterocycles. The van der Waals surface area contributed by atoms with E-state index in [0.29, 0.717) is 5.92 Å². The summed E-state index contributed by atoms with van der Waals surface area (Å²) < 4.78 is 13.5. The number of para-hydroxylation sites is 6. The lowest BCUT2D eigenvalue weighted by atomic mass is 9.90. The van der Waals surface area contributed by atoms with Gasteiger partial charge < -0.3 is 19.6 Å². The molecule has 0 spiro atoms. The lowest BCUT2D eigenvalue weighted by Gasteiger charge is -2.28. The molecule has 3 aliphatic rings. The number of nitrogens with zero attached hydrogens (tertiary/aromatic N) is 14. The monoisotopic (exact) mass is 1690 g/mol. The molecule has 14 nitrogen and oxygen atoms in total. The van der Waals surface area contributed by atoms with Crippen LogP contribution < -0.4 is 33.3 Å². The molecule has 14 heteroatoms. The van der Waals surface area contributed by atoms with Gasteiger partial charge >= 0.3 is 5.95 Å². The Morgan fingerprint density at radius 3 is 1.26 bits per heavy atom. The normalized spacial score (nSPS) is 12.3. The van der Waals surface area contributed by atoms with Gasteiger partial charge in [0.05, 0.1) is 63.4 Å². The predicted octanol–water partition coefficient (Wildman–Crippen LogP) is 29.9. The minimum Gasteiger partial charge on any atom is -0.350 e. The van der Waals surface area contributed by atoms with E-state index < -0.39 is 0 Å². The zero-order chi connectivity index (χ0) is 94.8. The third-order valence-corrected chi connectivity index (χ3v) is 20.1. The Bertz CT molecular complexity index is 5370. The molecule has 0 fully saturated rings. The van der Waals surface area contributed by atoms with Gasteiger partial charge in [-0.25, -0.2) is 38.2 Å². The summed E-state index contributed by atoms with van der Waals surface area (Å²) in [4.78, 5) is 26.0. The van der Waals surface area contributed by atoms with E-state index in [1.807, 2.05) is 192 Å². The van der Waals surface area contributed by atoms with Gasteiger partial charge in [0.1, 0.15) is 65.6 Å². The molecular weight excluding hydrogens is 1530 g/mol. The maximum atomic E-state index is 4.43. The number of aromatic nitrogens is 10. The number of benzene rings is 8. The molecule has 674 valence electrons. The number of fused-ring (bicyclic) bond motifs is 11. The molecule has 3 atom stereocenters. The second-order valence-electron chi connectivity index (χ2n) is 26.2. The molecule has 9 heterocycles. The molecule has 125 heavy (non-hydrogen) atoms. The van der Waals surface area contributed by atoms with E-state index in [-0.39, 0.29) is 12.3 Å². The first-order chi connectivity index (χ1) is 61.1. The second kappa shape index (κ2) is 59.9. The maximum Gasteiger partial charge on any atom is 0.369 e. The van der Waals surface area contributed by atoms with Crippen molar-refractivity contribution in [3.05, 3.63) is 307 Å². The highest BCUT2D eigenvalue weighted by Crippen LogP contribution is 2.49. The zero-order valence-electron chi connectivity index (χ0n) is 84.8. The van der Waals surface area contributed by atoms with Crippen LogP contribution in [0, 0.1) is 34.6 Å². The van der Waals surface area contributed by atoms with E-state index in [1.54, 1.807) is 12.7 Å². The van der Waals surface area contributed by atoms with Crippen LogP contribution in [0.25, 0.3) is 66.5 Å². The van der Waals surface area contributed by atoms with Gasteiger partial charge in [0, 0.05) is 53.8 Å². The van der Waals surface area contributed by atoms with Gasteiger partial charge in [-0.15, -0.1) is 0 Å². The first-order valence-corrected chi connectivity index (χ1v) is 47.0. The van der Waals surface area contributed by atoms with E-state index in [4.69, 9.17) is 0 Å². The third-order valence-electron chi connectivity index (χ3n) is 20.1. The van der Waals surface area contributed by atoms with Gasteiger partial charge in [0.15, 0.2) is 23.5 Å². The van der Waals surface area contributed by atoms with E-state index in [1.165, 1.54) is 117 Å². The van der Waals surface area contributed by atoms with E-state index in [9.17, 15) is 0 Å². The molecule has 0 amide bonds. The lowest BCUT2D eigenvalue weighted by molar-refractivity contribution is -0.679. The number of aryl methyl sites for hydroxylation is 9. The van der Waals surface area contributed by atoms with Crippen LogP contribution >= 0.6 is 0 Å². The SMILES string of the molecule is CC.CC.CC.CC.CC.CC.CC.CC.CC.CC.CC.CC.CC.Cc1cccc2c1C(c1cccc[n+]1C)c1ccccc1-2.Cc1cccc2c3ccccc3n(-c3n(C)cc[n+]3C)c12.Cc1ccccc1-n1c2ccccc2c2ccc[n+](C)c21.Cc1ccccc1N1c2cncnc2N(C)[C@@H]1C.Cc1ccccc1N1c2ncncc2N(C)[C@@H]1C. The van der Waals surface area contributed by atoms with Crippen LogP contribution in [0.15, 0.2) is 262 Å². The van der Waals surface area contributed by atoms with E-state index in [2.05, 4.69) is 395 Å². The van der Waals surface area contributed by atoms with Crippen molar-refractivity contribution >= 4 is 78.1 Å². The maximum absolute atomic E-state index is 4.43. The van der Waals surface area contributed by atoms with Gasteiger partial charge in [-0.3, -0.25) is 0 Å². The van der Waals surface area contributed by atoms with Crippen LogP contribution in [0.2, 0.25) is 0 Å². The topological polar surface area (TPSA) is 90.9 Å². The van der Waals surface area contributed by atoms with Crippen LogP contribution in [-0.2, 0) is 28.2 Å². The predicted molar refractivity (Wildman–Crippen MR) is 551 cm³/mol. The molecule has 1 aliphatic carbocycles. The number of anilines is 6. The Kier molecular flexibility index (Phi) is 53.3. The minimum absolute atomic E-state index is 0.248. The second-order valence-corrected chi connectivity index (χ2v) is 26.2. The Labute approximate surface area is 759 Å². The molecule has 18 rings (SSSR count). The molecule has 15 aromatic rings. The van der Waals surface area contributed by atoms with Crippen molar-refractivity contribution in [3.63, 3.8) is 0 Å². The number of imidazole rings is 1. The summed E-state index contributed by atoms with van der Waals surface area (Å²) in [5.74, 6) is 3.47. The van der Waals surface area contributed by atoms with Crippen molar-refractivity contribution in [2.24, 2.45) is 28.2 Å². The van der Waals surface area contributed by atoms with Crippen molar-refractivity contribution < 1.29 is 13.7 Å². The number of pyridine rings is 2. The molecular formula is C111H163N14+3. The highest BCUT2D eigenvalue weighted by atomic mass is 15.4. The van der Waals surface area contributed by atoms with Crippen molar-refractivity contribution in [1.82, 2.24) is 33.6 Å². The summed E-state index contributed by atoms with van der Waals surface area (Å²) in [6, 6.07) is 75.3. The highest BCUT2D eigenvalue weighted by Gasteiger charge is 2.37. The van der Waals surface area contributed by atoms with Crippen LogP contribution in [0.4, 0.5) is 34.4 Å². The summed E-state index contributed by atoms with van der Waals surface area (Å²) in [7, 11) is 12.6. The van der Waals surface area contributed by atoms with Crippen molar-refractivity contribution in [1.29, 1.82) is 0 Å². The summed E-state index contributed by atoms with van der Waals surface area (Å²) in [5.41, 5.74) is 24.3. The number of hydrogen-bond donors (Lipinski definition) is 0. The first-order valence-electron chi connectivity index (χ1n) is 47.0. The first kappa shape index (κ1) is 111. The average Bonchev–Trinajstić information content (AvgIpc) is 1.60. The van der Waals surface area contributed by atoms with Gasteiger partial charge in [-0.1, -0.05) is 332 Å². The molecule has 0 saturated heterocycles. The van der Waals surface area contributed by atoms with Crippen LogP contribution in [-0.4, -0.2) is 60.1 Å². The Morgan fingerprint density at radius 2 is 0.720 bits per heavy atom. The van der Waals surface area contributed by atoms with Crippen LogP contribution in [0.1, 0.15) is 244 Å². The standard InChI is InChI=1S/C20H18N.C19H17N2.C18H18N3.2C14H16N4.13C2H6/c1-14-8-7-11-16-15-9-3-4-10-17(15)20(19(14)16)18-12-5-6-13-21(18)2;1-14-8-3-5-11-17(14)21-18-12-6-4-9-15(18)16-10-7-13-20(2)19(16)21;1-13-7-6-9-15-14-8-4-5-10-16(14)21(17(13)15)18-19(2)11-12-20(18)3;1-10-6-4-5-7-12(10)18-11(2)17(3)14-13(18)8-15-9-16-14;1-10-6-4-5-7-12(10)18-11(2)17(3)13-8-15-9-16-14(13)18;13*1-2/h3-13,20H,1-2H3;3-13H,1-2H3;4-12H,1-3H3;2*4-9,11H,1-3H3;13*1-2H3/q3*+1;;;;;;;;;;;;;;;/t;;;2*11-;;;;;;;;;;;;;/m...00............./s1. The summed E-state index contributed by atoms with van der Waals surface area (Å²) in [6.07, 6.45) is 15.9. The van der Waals surface area contributed by atoms with E-state index in [0.717, 1.165) is 29.0 Å². The fourth-order valence-corrected chi connectivity index (χ4v) is 15.0. The largest absolute Gasteiger partial charge is 0.369 e. The fourth-order valence-electron chi connectivity index (χ4n) is 15.0. The molecule has 1 unspecified atom stereocenters. The summed E-state index contributed by atoms with van der Waals surface area (Å²) in [6.45, 7) is 67.2. The van der Waals surface area contributed by atoms with Crippen molar-refractivity contribution in [2.75, 3.05) is 33.7 Å². The minimum atomic E-state index is 0.248. The quantitative estimate of drug-likeness (QED) is 0.157. The van der Waals surface area contributed by atoms with Gasteiger partial charge in [0.2, 0.25) is 0 Å². The van der Waals surface area contributed by atoms with Gasteiger partial charge in [0.25, 0.3) is 5.65 Å². The highest BCUT2D eigenvalue weighted by molar-refractivity contribution is 6.10. The molecule has 0 saturated carbocycles. The Hall–Kier alpha value is -11.8. The fraction of sp³-hybridized carbons (Fsp3) is 0.378. The molecule has 0 N–H and O–H groups in total. The van der Waals surface area contributed by atoms with Crippen LogP contribution in [0.5, 0.6) is 0 Å². The van der Waals surface area contributed by atoms with Gasteiger partial charge in [-0.05, 0) is 147 Å². The Morgan fingerprint density at radius 1 is 0.312 bits per heavy atom. The lowest BCUT2D eigenvalue weighted by Crippen LogP contribution is -2.36. The summed E-state index contributed by atoms with van der Waals surface area (Å²) in [5, 5.41) is 5.20. The van der Waals surface area contributed by atoms with Gasteiger partial charge in [-0.2, -0.15) is 9.13 Å². The van der Waals surface area contributed by atoms with Crippen molar-refractivity contribution in [2.45, 2.75) is 247 Å². The third kappa shape index (κ3) is 25.7. The van der Waals surface area contributed by atoms with Crippen LogP contribution in [0.3, 0.4) is 0 Å². The van der Waals surface area contributed by atoms with E-state index >= 15 is 0 Å². The number of hydrogen-bond acceptors (Lipinski definition) is 8. The van der Waals surface area contributed by atoms with Crippen molar-refractivity contribution in [3.8, 4) is 22.8 Å². The Balaban J connectivity index is 0.000000732. The molecule has 8 aromatic carbocycles. The zero-order valence-corrected chi connectivity index (χ0v) is 84.8. The molecule has 2 aliphatic heterocycles. The molecule has 0 radical (unpaired) electrons. The smallest absolute Gasteiger partial charge is 0.350 e. The number of rotatable bonds is 5.